The summed E-state index contributed by atoms with van der Waals surface area (Å²) in [7, 11) is -3.64. The second-order valence-electron chi connectivity index (χ2n) is 5.16. The van der Waals surface area contributed by atoms with Crippen LogP contribution in [0.25, 0.3) is 10.9 Å². The number of benzene rings is 2. The maximum absolute atomic E-state index is 12.8. The number of hydrogen-bond donors (Lipinski definition) is 0. The number of aromatic nitrogens is 1. The molecule has 4 nitrogen and oxygen atoms in total. The Labute approximate surface area is 129 Å². The van der Waals surface area contributed by atoms with E-state index in [1.165, 1.54) is 3.97 Å². The first kappa shape index (κ1) is 14.4. The topological polar surface area (TPSA) is 62.9 Å². The van der Waals surface area contributed by atoms with E-state index in [0.717, 1.165) is 16.5 Å². The summed E-state index contributed by atoms with van der Waals surface area (Å²) < 4.78 is 26.8. The van der Waals surface area contributed by atoms with Gasteiger partial charge in [-0.2, -0.15) is 5.26 Å². The predicted molar refractivity (Wildman–Crippen MR) is 85.0 cm³/mol. The number of hydrogen-bond acceptors (Lipinski definition) is 3. The lowest BCUT2D eigenvalue weighted by Crippen LogP contribution is -2.11. The van der Waals surface area contributed by atoms with Gasteiger partial charge >= 0.3 is 0 Å². The van der Waals surface area contributed by atoms with Crippen LogP contribution in [-0.4, -0.2) is 12.4 Å². The molecule has 1 aromatic heterocycles. The van der Waals surface area contributed by atoms with Gasteiger partial charge in [0.25, 0.3) is 10.0 Å². The third kappa shape index (κ3) is 2.38. The van der Waals surface area contributed by atoms with Crippen molar-refractivity contribution < 1.29 is 8.42 Å². The molecule has 0 atom stereocenters. The second kappa shape index (κ2) is 5.32. The van der Waals surface area contributed by atoms with Crippen LogP contribution in [0, 0.1) is 18.3 Å². The molecule has 2 aromatic carbocycles. The number of rotatable bonds is 3. The summed E-state index contributed by atoms with van der Waals surface area (Å²) in [6.07, 6.45) is 1.81. The summed E-state index contributed by atoms with van der Waals surface area (Å²) in [6, 6.07) is 16.0. The van der Waals surface area contributed by atoms with Gasteiger partial charge in [-0.05, 0) is 36.8 Å². The normalized spacial score (nSPS) is 11.5. The van der Waals surface area contributed by atoms with E-state index in [1.54, 1.807) is 42.6 Å². The van der Waals surface area contributed by atoms with Crippen LogP contribution in [0.1, 0.15) is 11.1 Å². The Morgan fingerprint density at radius 3 is 2.50 bits per heavy atom. The smallest absolute Gasteiger partial charge is 0.241 e. The van der Waals surface area contributed by atoms with E-state index in [2.05, 4.69) is 6.07 Å². The lowest BCUT2D eigenvalue weighted by molar-refractivity contribution is 0.589. The Hall–Kier alpha value is -2.58. The number of nitriles is 1. The molecule has 0 saturated carbocycles. The van der Waals surface area contributed by atoms with Crippen LogP contribution in [0.4, 0.5) is 0 Å². The van der Waals surface area contributed by atoms with Crippen molar-refractivity contribution in [1.29, 1.82) is 5.26 Å². The fourth-order valence-electron chi connectivity index (χ4n) is 2.38. The van der Waals surface area contributed by atoms with Gasteiger partial charge in [-0.15, -0.1) is 0 Å². The summed E-state index contributed by atoms with van der Waals surface area (Å²) in [5.41, 5.74) is 2.40. The zero-order valence-electron chi connectivity index (χ0n) is 12.0. The monoisotopic (exact) mass is 310 g/mol. The van der Waals surface area contributed by atoms with E-state index in [-0.39, 0.29) is 11.3 Å². The minimum atomic E-state index is -3.64. The van der Waals surface area contributed by atoms with Crippen molar-refractivity contribution in [2.24, 2.45) is 0 Å². The van der Waals surface area contributed by atoms with Crippen LogP contribution in [0.5, 0.6) is 0 Å². The quantitative estimate of drug-likeness (QED) is 0.746. The van der Waals surface area contributed by atoms with E-state index in [0.29, 0.717) is 5.52 Å². The van der Waals surface area contributed by atoms with E-state index < -0.39 is 10.0 Å². The number of fused-ring (bicyclic) bond motifs is 1. The summed E-state index contributed by atoms with van der Waals surface area (Å²) in [6.45, 7) is 1.91. The van der Waals surface area contributed by atoms with E-state index in [1.807, 2.05) is 19.1 Å². The van der Waals surface area contributed by atoms with Gasteiger partial charge in [-0.25, -0.2) is 12.4 Å². The van der Waals surface area contributed by atoms with E-state index >= 15 is 0 Å². The Morgan fingerprint density at radius 2 is 1.82 bits per heavy atom. The van der Waals surface area contributed by atoms with E-state index in [4.69, 9.17) is 5.26 Å². The van der Waals surface area contributed by atoms with Crippen molar-refractivity contribution in [3.63, 3.8) is 0 Å². The van der Waals surface area contributed by atoms with Crippen LogP contribution < -0.4 is 0 Å². The molecule has 0 bridgehead atoms. The maximum atomic E-state index is 12.8. The minimum absolute atomic E-state index is 0.251. The first-order chi connectivity index (χ1) is 10.5. The van der Waals surface area contributed by atoms with Gasteiger partial charge in [0.15, 0.2) is 0 Å². The number of nitrogens with zero attached hydrogens (tertiary/aromatic N) is 2. The summed E-state index contributed by atoms with van der Waals surface area (Å²) in [4.78, 5) is 0.251. The highest BCUT2D eigenvalue weighted by molar-refractivity contribution is 7.90. The standard InChI is InChI=1S/C17H14N2O2S/c1-13-2-6-16(7-3-13)22(20,21)19-11-9-15-5-4-14(8-10-18)12-17(15)19/h2-7,9,11-12H,8H2,1H3. The van der Waals surface area contributed by atoms with Gasteiger partial charge in [-0.3, -0.25) is 0 Å². The largest absolute Gasteiger partial charge is 0.268 e. The van der Waals surface area contributed by atoms with Crippen LogP contribution in [0.3, 0.4) is 0 Å². The molecule has 0 aliphatic heterocycles. The molecule has 0 aliphatic carbocycles. The Balaban J connectivity index is 2.18. The molecule has 0 N–H and O–H groups in total. The lowest BCUT2D eigenvalue weighted by Gasteiger charge is -2.08. The molecule has 0 unspecified atom stereocenters. The predicted octanol–water partition coefficient (Wildman–Crippen LogP) is 3.25. The highest BCUT2D eigenvalue weighted by Crippen LogP contribution is 2.23. The van der Waals surface area contributed by atoms with Crippen molar-refractivity contribution in [2.75, 3.05) is 0 Å². The molecule has 0 aliphatic rings. The molecule has 0 amide bonds. The van der Waals surface area contributed by atoms with Gasteiger partial charge < -0.3 is 0 Å². The SMILES string of the molecule is Cc1ccc(S(=O)(=O)n2ccc3ccc(CC#N)cc32)cc1. The number of aryl methyl sites for hydroxylation is 1. The molecule has 3 rings (SSSR count). The van der Waals surface area contributed by atoms with Crippen LogP contribution in [0.15, 0.2) is 59.6 Å². The maximum Gasteiger partial charge on any atom is 0.268 e. The lowest BCUT2D eigenvalue weighted by atomic mass is 10.1. The summed E-state index contributed by atoms with van der Waals surface area (Å²) in [5, 5.41) is 9.63. The zero-order valence-corrected chi connectivity index (χ0v) is 12.8. The van der Waals surface area contributed by atoms with Crippen LogP contribution in [0.2, 0.25) is 0 Å². The summed E-state index contributed by atoms with van der Waals surface area (Å²) in [5.74, 6) is 0. The van der Waals surface area contributed by atoms with Crippen molar-refractivity contribution >= 4 is 20.9 Å². The highest BCUT2D eigenvalue weighted by Gasteiger charge is 2.18. The fourth-order valence-corrected chi connectivity index (χ4v) is 3.73. The molecule has 0 radical (unpaired) electrons. The average molecular weight is 310 g/mol. The van der Waals surface area contributed by atoms with Crippen molar-refractivity contribution in [1.82, 2.24) is 3.97 Å². The van der Waals surface area contributed by atoms with Crippen molar-refractivity contribution in [3.8, 4) is 6.07 Å². The minimum Gasteiger partial charge on any atom is -0.241 e. The molecular weight excluding hydrogens is 296 g/mol. The molecule has 3 aromatic rings. The van der Waals surface area contributed by atoms with Gasteiger partial charge in [0, 0.05) is 11.6 Å². The van der Waals surface area contributed by atoms with Crippen LogP contribution in [-0.2, 0) is 16.4 Å². The molecule has 1 heterocycles. The van der Waals surface area contributed by atoms with Gasteiger partial charge in [0.2, 0.25) is 0 Å². The molecule has 22 heavy (non-hydrogen) atoms. The first-order valence-corrected chi connectivity index (χ1v) is 8.25. The first-order valence-electron chi connectivity index (χ1n) is 6.81. The van der Waals surface area contributed by atoms with Crippen molar-refractivity contribution in [2.45, 2.75) is 18.2 Å². The third-order valence-electron chi connectivity index (χ3n) is 3.58. The Kier molecular flexibility index (Phi) is 3.47. The molecule has 110 valence electrons. The van der Waals surface area contributed by atoms with Gasteiger partial charge in [-0.1, -0.05) is 29.8 Å². The second-order valence-corrected chi connectivity index (χ2v) is 6.97. The highest BCUT2D eigenvalue weighted by atomic mass is 32.2. The molecule has 0 saturated heterocycles. The third-order valence-corrected chi connectivity index (χ3v) is 5.29. The Bertz CT molecular complexity index is 978. The average Bonchev–Trinajstić information content (AvgIpc) is 2.92. The van der Waals surface area contributed by atoms with Crippen molar-refractivity contribution in [3.05, 3.63) is 65.9 Å². The zero-order chi connectivity index (χ0) is 15.7. The molecular formula is C17H14N2O2S. The van der Waals surface area contributed by atoms with Gasteiger partial charge in [0.1, 0.15) is 0 Å². The van der Waals surface area contributed by atoms with Crippen LogP contribution >= 0.6 is 0 Å². The van der Waals surface area contributed by atoms with E-state index in [9.17, 15) is 8.42 Å². The molecule has 5 heteroatoms. The fraction of sp³-hybridized carbons (Fsp3) is 0.118. The van der Waals surface area contributed by atoms with Gasteiger partial charge in [0.05, 0.1) is 22.9 Å². The molecule has 0 fully saturated rings. The summed E-state index contributed by atoms with van der Waals surface area (Å²) >= 11 is 0. The Morgan fingerprint density at radius 1 is 1.09 bits per heavy atom. The molecule has 0 spiro atoms.